The van der Waals surface area contributed by atoms with Crippen LogP contribution in [0.1, 0.15) is 30.6 Å². The number of alkyl halides is 3. The van der Waals surface area contributed by atoms with Crippen LogP contribution in [0.3, 0.4) is 0 Å². The molecular weight excluding hydrogens is 363 g/mol. The molecule has 0 aliphatic carbocycles. The van der Waals surface area contributed by atoms with Crippen molar-refractivity contribution >= 4 is 21.8 Å². The normalized spacial score (nSPS) is 12.1. The van der Waals surface area contributed by atoms with Gasteiger partial charge in [0, 0.05) is 12.0 Å². The lowest BCUT2D eigenvalue weighted by atomic mass is 10.1. The van der Waals surface area contributed by atoms with Crippen LogP contribution in [0, 0.1) is 5.92 Å². The molecule has 0 aromatic heterocycles. The largest absolute Gasteiger partial charge is 0.405 e. The van der Waals surface area contributed by atoms with Crippen LogP contribution in [0.2, 0.25) is 0 Å². The van der Waals surface area contributed by atoms with Gasteiger partial charge in [-0.2, -0.15) is 13.2 Å². The Bertz CT molecular complexity index is 716. The highest BCUT2D eigenvalue weighted by Gasteiger charge is 2.28. The van der Waals surface area contributed by atoms with E-state index in [0.717, 1.165) is 24.3 Å². The number of halogens is 3. The van der Waals surface area contributed by atoms with Gasteiger partial charge in [0.15, 0.2) is 0 Å². The molecule has 0 saturated heterocycles. The minimum atomic E-state index is -4.54. The summed E-state index contributed by atoms with van der Waals surface area (Å²) in [5, 5.41) is 1.67. The van der Waals surface area contributed by atoms with Gasteiger partial charge >= 0.3 is 6.18 Å². The molecule has 0 aliphatic rings. The fraction of sp³-hybridized carbons (Fsp3) is 0.429. The highest BCUT2D eigenvalue weighted by Crippen LogP contribution is 2.14. The maximum Gasteiger partial charge on any atom is 0.405 e. The van der Waals surface area contributed by atoms with Gasteiger partial charge in [-0.15, -0.1) is 4.83 Å². The molecule has 0 saturated carbocycles. The predicted octanol–water partition coefficient (Wildman–Crippen LogP) is 1.33. The maximum atomic E-state index is 12.0. The molecule has 7 nitrogen and oxygen atoms in total. The second kappa shape index (κ2) is 8.30. The molecular formula is C14H18F3N3O4S. The van der Waals surface area contributed by atoms with E-state index in [-0.39, 0.29) is 22.8 Å². The quantitative estimate of drug-likeness (QED) is 0.620. The topological polar surface area (TPSA) is 104 Å². The van der Waals surface area contributed by atoms with Crippen LogP contribution in [-0.2, 0) is 14.8 Å². The van der Waals surface area contributed by atoms with E-state index in [1.54, 1.807) is 19.2 Å². The lowest BCUT2D eigenvalue weighted by Gasteiger charge is -2.11. The van der Waals surface area contributed by atoms with Gasteiger partial charge in [0.05, 0.1) is 4.90 Å². The number of sulfonamides is 1. The number of rotatable bonds is 7. The van der Waals surface area contributed by atoms with Crippen LogP contribution in [0.5, 0.6) is 0 Å². The van der Waals surface area contributed by atoms with E-state index in [4.69, 9.17) is 0 Å². The van der Waals surface area contributed by atoms with Gasteiger partial charge in [-0.25, -0.2) is 8.42 Å². The molecule has 3 N–H and O–H groups in total. The highest BCUT2D eigenvalue weighted by atomic mass is 32.2. The first-order valence-corrected chi connectivity index (χ1v) is 8.64. The molecule has 0 atom stereocenters. The van der Waals surface area contributed by atoms with Crippen LogP contribution in [0.4, 0.5) is 13.2 Å². The average molecular weight is 381 g/mol. The summed E-state index contributed by atoms with van der Waals surface area (Å²) in [6, 6.07) is 4.21. The zero-order valence-electron chi connectivity index (χ0n) is 13.5. The van der Waals surface area contributed by atoms with E-state index in [1.807, 2.05) is 10.3 Å². The lowest BCUT2D eigenvalue weighted by Crippen LogP contribution is -2.41. The average Bonchev–Trinajstić information content (AvgIpc) is 2.49. The summed E-state index contributed by atoms with van der Waals surface area (Å²) in [5.41, 5.74) is 1.91. The number of carbonyl (C=O) groups is 2. The van der Waals surface area contributed by atoms with E-state index >= 15 is 0 Å². The lowest BCUT2D eigenvalue weighted by molar-refractivity contribution is -0.123. The molecule has 0 heterocycles. The molecule has 25 heavy (non-hydrogen) atoms. The molecule has 0 radical (unpaired) electrons. The number of benzene rings is 1. The molecule has 0 bridgehead atoms. The van der Waals surface area contributed by atoms with Gasteiger partial charge in [0.25, 0.3) is 15.9 Å². The maximum absolute atomic E-state index is 12.0. The van der Waals surface area contributed by atoms with Crippen LogP contribution >= 0.6 is 0 Å². The molecule has 0 unspecified atom stereocenters. The van der Waals surface area contributed by atoms with Crippen molar-refractivity contribution in [2.24, 2.45) is 5.92 Å². The Hall–Kier alpha value is -2.14. The first-order chi connectivity index (χ1) is 11.4. The fourth-order valence-corrected chi connectivity index (χ4v) is 2.53. The van der Waals surface area contributed by atoms with Gasteiger partial charge in [-0.1, -0.05) is 13.8 Å². The van der Waals surface area contributed by atoms with Gasteiger partial charge < -0.3 is 5.32 Å². The van der Waals surface area contributed by atoms with Gasteiger partial charge in [0.1, 0.15) is 6.54 Å². The Morgan fingerprint density at radius 2 is 1.68 bits per heavy atom. The minimum absolute atomic E-state index is 0.0407. The Kier molecular flexibility index (Phi) is 6.94. The summed E-state index contributed by atoms with van der Waals surface area (Å²) in [5.74, 6) is -1.46. The molecule has 2 amide bonds. The minimum Gasteiger partial charge on any atom is -0.343 e. The van der Waals surface area contributed by atoms with Gasteiger partial charge in [-0.05, 0) is 30.2 Å². The smallest absolute Gasteiger partial charge is 0.343 e. The second-order valence-electron chi connectivity index (χ2n) is 5.57. The first-order valence-electron chi connectivity index (χ1n) is 7.16. The van der Waals surface area contributed by atoms with E-state index < -0.39 is 34.6 Å². The van der Waals surface area contributed by atoms with E-state index in [9.17, 15) is 31.2 Å². The fourth-order valence-electron chi connectivity index (χ4n) is 1.67. The third-order valence-electron chi connectivity index (χ3n) is 2.79. The third kappa shape index (κ3) is 7.52. The Labute approximate surface area is 143 Å². The number of amides is 2. The molecule has 1 aromatic rings. The molecule has 0 fully saturated rings. The number of carbonyl (C=O) groups excluding carboxylic acids is 2. The van der Waals surface area contributed by atoms with E-state index in [1.165, 1.54) is 0 Å². The summed E-state index contributed by atoms with van der Waals surface area (Å²) in [4.78, 5) is 24.6. The van der Waals surface area contributed by atoms with Crippen LogP contribution in [-0.4, -0.2) is 33.0 Å². The van der Waals surface area contributed by atoms with Crippen LogP contribution < -0.4 is 15.6 Å². The summed E-state index contributed by atoms with van der Waals surface area (Å²) < 4.78 is 60.1. The molecule has 11 heteroatoms. The number of hydrazine groups is 1. The monoisotopic (exact) mass is 381 g/mol. The molecule has 140 valence electrons. The summed E-state index contributed by atoms with van der Waals surface area (Å²) >= 11 is 0. The highest BCUT2D eigenvalue weighted by molar-refractivity contribution is 7.89. The van der Waals surface area contributed by atoms with Gasteiger partial charge in [-0.3, -0.25) is 15.0 Å². The zero-order valence-corrected chi connectivity index (χ0v) is 14.3. The van der Waals surface area contributed by atoms with Crippen molar-refractivity contribution in [3.8, 4) is 0 Å². The van der Waals surface area contributed by atoms with Crippen LogP contribution in [0.15, 0.2) is 29.2 Å². The summed E-state index contributed by atoms with van der Waals surface area (Å²) in [6.45, 7) is 2.09. The molecule has 1 rings (SSSR count). The predicted molar refractivity (Wildman–Crippen MR) is 82.7 cm³/mol. The van der Waals surface area contributed by atoms with Crippen molar-refractivity contribution in [3.63, 3.8) is 0 Å². The molecule has 0 aliphatic heterocycles. The Balaban J connectivity index is 2.71. The SMILES string of the molecule is CC(C)CC(=O)NNS(=O)(=O)c1ccc(C(=O)NCC(F)(F)F)cc1. The second-order valence-corrected chi connectivity index (χ2v) is 7.26. The van der Waals surface area contributed by atoms with Gasteiger partial charge in [0.2, 0.25) is 5.91 Å². The van der Waals surface area contributed by atoms with Crippen molar-refractivity contribution < 1.29 is 31.2 Å². The Morgan fingerprint density at radius 1 is 1.12 bits per heavy atom. The number of hydrogen-bond acceptors (Lipinski definition) is 4. The van der Waals surface area contributed by atoms with Crippen molar-refractivity contribution in [2.75, 3.05) is 6.54 Å². The number of nitrogens with one attached hydrogen (secondary N) is 3. The van der Waals surface area contributed by atoms with E-state index in [2.05, 4.69) is 0 Å². The Morgan fingerprint density at radius 3 is 2.16 bits per heavy atom. The van der Waals surface area contributed by atoms with Crippen molar-refractivity contribution in [2.45, 2.75) is 31.3 Å². The zero-order chi connectivity index (χ0) is 19.3. The van der Waals surface area contributed by atoms with E-state index in [0.29, 0.717) is 0 Å². The standard InChI is InChI=1S/C14H18F3N3O4S/c1-9(2)7-12(21)19-20-25(23,24)11-5-3-10(4-6-11)13(22)18-8-14(15,16)17/h3-6,9,20H,7-8H2,1-2H3,(H,18,22)(H,19,21). The third-order valence-corrected chi connectivity index (χ3v) is 4.06. The van der Waals surface area contributed by atoms with Crippen molar-refractivity contribution in [1.82, 2.24) is 15.6 Å². The van der Waals surface area contributed by atoms with Crippen LogP contribution in [0.25, 0.3) is 0 Å². The number of hydrogen-bond donors (Lipinski definition) is 3. The molecule has 0 spiro atoms. The summed E-state index contributed by atoms with van der Waals surface area (Å²) in [6.07, 6.45) is -4.42. The van der Waals surface area contributed by atoms with Crippen molar-refractivity contribution in [3.05, 3.63) is 29.8 Å². The summed E-state index contributed by atoms with van der Waals surface area (Å²) in [7, 11) is -4.06. The molecule has 1 aromatic carbocycles. The van der Waals surface area contributed by atoms with Crippen molar-refractivity contribution in [1.29, 1.82) is 0 Å². The first kappa shape index (κ1) is 20.9.